The number of rotatable bonds is 7. The molecule has 122 valence electrons. The summed E-state index contributed by atoms with van der Waals surface area (Å²) in [6.45, 7) is 10.4. The fourth-order valence-corrected chi connectivity index (χ4v) is 3.02. The molecule has 0 aliphatic carbocycles. The minimum Gasteiger partial charge on any atom is -0.394 e. The van der Waals surface area contributed by atoms with Crippen LogP contribution in [0.2, 0.25) is 0 Å². The Kier molecular flexibility index (Phi) is 6.14. The molecule has 2 N–H and O–H groups in total. The van der Waals surface area contributed by atoms with Crippen molar-refractivity contribution in [1.82, 2.24) is 5.32 Å². The van der Waals surface area contributed by atoms with Crippen LogP contribution in [0.25, 0.3) is 0 Å². The molecule has 0 aromatic heterocycles. The Labute approximate surface area is 139 Å². The zero-order valence-electron chi connectivity index (χ0n) is 14.3. The van der Waals surface area contributed by atoms with Gasteiger partial charge in [0.15, 0.2) is 0 Å². The third kappa shape index (κ3) is 5.05. The van der Waals surface area contributed by atoms with Crippen molar-refractivity contribution in [3.05, 3.63) is 82.9 Å². The van der Waals surface area contributed by atoms with Crippen molar-refractivity contribution in [2.75, 3.05) is 6.61 Å². The van der Waals surface area contributed by atoms with E-state index in [4.69, 9.17) is 0 Å². The number of nitrogens with one attached hydrogen (secondary N) is 1. The standard InChI is InChI=1S/C21H27NO/c1-15(2)10-20(19-12-16(3)11-17(4)13-19)22-21(14-23)18-8-6-5-7-9-18/h5-9,11-13,20-23H,1,10,14H2,2-4H3/t20-,21+/m1/s1. The van der Waals surface area contributed by atoms with E-state index in [1.165, 1.54) is 16.7 Å². The highest BCUT2D eigenvalue weighted by molar-refractivity contribution is 5.32. The van der Waals surface area contributed by atoms with Crippen molar-refractivity contribution in [3.8, 4) is 0 Å². The molecule has 0 amide bonds. The highest BCUT2D eigenvalue weighted by Crippen LogP contribution is 2.26. The number of hydrogen-bond donors (Lipinski definition) is 2. The van der Waals surface area contributed by atoms with Crippen LogP contribution >= 0.6 is 0 Å². The molecule has 0 spiro atoms. The Balaban J connectivity index is 2.29. The van der Waals surface area contributed by atoms with Crippen molar-refractivity contribution in [3.63, 3.8) is 0 Å². The van der Waals surface area contributed by atoms with Crippen molar-refractivity contribution < 1.29 is 5.11 Å². The molecule has 0 aliphatic rings. The van der Waals surface area contributed by atoms with Crippen LogP contribution in [0.5, 0.6) is 0 Å². The second-order valence-electron chi connectivity index (χ2n) is 6.45. The third-order valence-electron chi connectivity index (χ3n) is 3.99. The Morgan fingerprint density at radius 2 is 1.61 bits per heavy atom. The van der Waals surface area contributed by atoms with E-state index in [-0.39, 0.29) is 18.7 Å². The van der Waals surface area contributed by atoms with Gasteiger partial charge in [-0.15, -0.1) is 6.58 Å². The lowest BCUT2D eigenvalue weighted by atomic mass is 9.95. The van der Waals surface area contributed by atoms with Crippen molar-refractivity contribution in [2.45, 2.75) is 39.3 Å². The Morgan fingerprint density at radius 1 is 1.00 bits per heavy atom. The predicted octanol–water partition coefficient (Wildman–Crippen LogP) is 4.63. The molecule has 2 rings (SSSR count). The van der Waals surface area contributed by atoms with Crippen LogP contribution in [-0.2, 0) is 0 Å². The normalized spacial score (nSPS) is 13.6. The van der Waals surface area contributed by atoms with Gasteiger partial charge in [-0.2, -0.15) is 0 Å². The van der Waals surface area contributed by atoms with Crippen LogP contribution in [0, 0.1) is 13.8 Å². The number of aliphatic hydroxyl groups excluding tert-OH is 1. The monoisotopic (exact) mass is 309 g/mol. The molecule has 0 radical (unpaired) electrons. The van der Waals surface area contributed by atoms with Gasteiger partial charge in [0, 0.05) is 6.04 Å². The first-order valence-corrected chi connectivity index (χ1v) is 8.14. The summed E-state index contributed by atoms with van der Waals surface area (Å²) in [7, 11) is 0. The highest BCUT2D eigenvalue weighted by Gasteiger charge is 2.18. The van der Waals surface area contributed by atoms with Crippen LogP contribution in [0.1, 0.15) is 47.7 Å². The number of benzene rings is 2. The van der Waals surface area contributed by atoms with Gasteiger partial charge in [-0.3, -0.25) is 0 Å². The van der Waals surface area contributed by atoms with Crippen LogP contribution in [-0.4, -0.2) is 11.7 Å². The van der Waals surface area contributed by atoms with E-state index in [9.17, 15) is 5.11 Å². The summed E-state index contributed by atoms with van der Waals surface area (Å²) in [5.41, 5.74) is 6.00. The van der Waals surface area contributed by atoms with Gasteiger partial charge in [-0.1, -0.05) is 65.2 Å². The van der Waals surface area contributed by atoms with E-state index < -0.39 is 0 Å². The summed E-state index contributed by atoms with van der Waals surface area (Å²) >= 11 is 0. The summed E-state index contributed by atoms with van der Waals surface area (Å²) in [4.78, 5) is 0. The maximum Gasteiger partial charge on any atom is 0.0626 e. The van der Waals surface area contributed by atoms with Gasteiger partial charge in [-0.05, 0) is 38.3 Å². The zero-order valence-corrected chi connectivity index (χ0v) is 14.3. The van der Waals surface area contributed by atoms with Crippen LogP contribution in [0.15, 0.2) is 60.7 Å². The largest absolute Gasteiger partial charge is 0.394 e. The maximum atomic E-state index is 9.83. The van der Waals surface area contributed by atoms with E-state index in [1.54, 1.807) is 0 Å². The third-order valence-corrected chi connectivity index (χ3v) is 3.99. The molecule has 0 saturated carbocycles. The summed E-state index contributed by atoms with van der Waals surface area (Å²) in [5, 5.41) is 13.4. The lowest BCUT2D eigenvalue weighted by molar-refractivity contribution is 0.232. The number of aryl methyl sites for hydroxylation is 2. The molecule has 2 nitrogen and oxygen atoms in total. The minimum atomic E-state index is -0.0821. The van der Waals surface area contributed by atoms with Gasteiger partial charge < -0.3 is 10.4 Å². The molecule has 2 aromatic carbocycles. The van der Waals surface area contributed by atoms with Gasteiger partial charge in [0.2, 0.25) is 0 Å². The van der Waals surface area contributed by atoms with Crippen LogP contribution in [0.4, 0.5) is 0 Å². The fourth-order valence-electron chi connectivity index (χ4n) is 3.02. The minimum absolute atomic E-state index is 0.0709. The summed E-state index contributed by atoms with van der Waals surface area (Å²) in [6, 6.07) is 16.8. The first kappa shape index (κ1) is 17.5. The maximum absolute atomic E-state index is 9.83. The molecule has 2 aromatic rings. The second-order valence-corrected chi connectivity index (χ2v) is 6.45. The van der Waals surface area contributed by atoms with Gasteiger partial charge in [0.1, 0.15) is 0 Å². The zero-order chi connectivity index (χ0) is 16.8. The molecule has 0 saturated heterocycles. The molecule has 0 fully saturated rings. The molecule has 2 atom stereocenters. The predicted molar refractivity (Wildman–Crippen MR) is 97.5 cm³/mol. The van der Waals surface area contributed by atoms with E-state index in [2.05, 4.69) is 43.9 Å². The van der Waals surface area contributed by atoms with Crippen molar-refractivity contribution >= 4 is 0 Å². The smallest absolute Gasteiger partial charge is 0.0626 e. The van der Waals surface area contributed by atoms with E-state index in [0.29, 0.717) is 0 Å². The highest BCUT2D eigenvalue weighted by atomic mass is 16.3. The van der Waals surface area contributed by atoms with Crippen LogP contribution in [0.3, 0.4) is 0 Å². The average Bonchev–Trinajstić information content (AvgIpc) is 2.51. The Morgan fingerprint density at radius 3 is 2.13 bits per heavy atom. The summed E-state index contributed by atoms with van der Waals surface area (Å²) < 4.78 is 0. The molecule has 23 heavy (non-hydrogen) atoms. The molecular formula is C21H27NO. The van der Waals surface area contributed by atoms with Gasteiger partial charge in [0.05, 0.1) is 12.6 Å². The van der Waals surface area contributed by atoms with Gasteiger partial charge in [0.25, 0.3) is 0 Å². The topological polar surface area (TPSA) is 32.3 Å². The molecule has 0 unspecified atom stereocenters. The first-order valence-electron chi connectivity index (χ1n) is 8.14. The number of aliphatic hydroxyl groups is 1. The second kappa shape index (κ2) is 8.09. The first-order chi connectivity index (χ1) is 11.0. The van der Waals surface area contributed by atoms with E-state index in [1.807, 2.05) is 37.3 Å². The van der Waals surface area contributed by atoms with Crippen molar-refractivity contribution in [2.24, 2.45) is 0 Å². The summed E-state index contributed by atoms with van der Waals surface area (Å²) in [6.07, 6.45) is 0.853. The number of hydrogen-bond acceptors (Lipinski definition) is 2. The SMILES string of the molecule is C=C(C)C[C@@H](N[C@@H](CO)c1ccccc1)c1cc(C)cc(C)c1. The summed E-state index contributed by atoms with van der Waals surface area (Å²) in [5.74, 6) is 0. The molecule has 2 heteroatoms. The van der Waals surface area contributed by atoms with Gasteiger partial charge >= 0.3 is 0 Å². The average molecular weight is 309 g/mol. The quantitative estimate of drug-likeness (QED) is 0.731. The molecule has 0 heterocycles. The Bertz CT molecular complexity index is 628. The lowest BCUT2D eigenvalue weighted by Gasteiger charge is -2.26. The Hall–Kier alpha value is -1.90. The van der Waals surface area contributed by atoms with Crippen LogP contribution < -0.4 is 5.32 Å². The van der Waals surface area contributed by atoms with Gasteiger partial charge in [-0.25, -0.2) is 0 Å². The fraction of sp³-hybridized carbons (Fsp3) is 0.333. The van der Waals surface area contributed by atoms with E-state index in [0.717, 1.165) is 17.6 Å². The molecular weight excluding hydrogens is 282 g/mol. The lowest BCUT2D eigenvalue weighted by Crippen LogP contribution is -2.29. The molecule has 0 bridgehead atoms. The molecule has 0 aliphatic heterocycles. The van der Waals surface area contributed by atoms with E-state index >= 15 is 0 Å². The van der Waals surface area contributed by atoms with Crippen molar-refractivity contribution in [1.29, 1.82) is 0 Å².